The second-order valence-corrected chi connectivity index (χ2v) is 3.43. The van der Waals surface area contributed by atoms with Crippen LogP contribution in [0, 0.1) is 5.82 Å². The van der Waals surface area contributed by atoms with Gasteiger partial charge in [-0.25, -0.2) is 4.39 Å². The third-order valence-corrected chi connectivity index (χ3v) is 2.25. The Hall–Kier alpha value is -1.77. The third-order valence-electron chi connectivity index (χ3n) is 2.25. The molecule has 0 fully saturated rings. The van der Waals surface area contributed by atoms with E-state index >= 15 is 0 Å². The minimum absolute atomic E-state index is 0.102. The highest BCUT2D eigenvalue weighted by molar-refractivity contribution is 5.45. The van der Waals surface area contributed by atoms with Gasteiger partial charge in [0.15, 0.2) is 0 Å². The van der Waals surface area contributed by atoms with Gasteiger partial charge < -0.3 is 9.73 Å². The van der Waals surface area contributed by atoms with Gasteiger partial charge in [-0.2, -0.15) is 0 Å². The summed E-state index contributed by atoms with van der Waals surface area (Å²) in [5.41, 5.74) is 1.81. The van der Waals surface area contributed by atoms with Crippen molar-refractivity contribution >= 4 is 5.69 Å². The smallest absolute Gasteiger partial charge is 0.125 e. The fourth-order valence-corrected chi connectivity index (χ4v) is 1.43. The number of hydrogen-bond donors (Lipinski definition) is 1. The SMILES string of the molecule is CC(Nc1cccc(F)c1)c1ccoc1. The molecule has 2 aromatic rings. The summed E-state index contributed by atoms with van der Waals surface area (Å²) in [5.74, 6) is -0.237. The summed E-state index contributed by atoms with van der Waals surface area (Å²) in [6.07, 6.45) is 3.30. The van der Waals surface area contributed by atoms with Crippen LogP contribution in [0.5, 0.6) is 0 Å². The highest BCUT2D eigenvalue weighted by atomic mass is 19.1. The van der Waals surface area contributed by atoms with E-state index in [2.05, 4.69) is 5.32 Å². The monoisotopic (exact) mass is 205 g/mol. The topological polar surface area (TPSA) is 25.2 Å². The Morgan fingerprint density at radius 1 is 1.33 bits per heavy atom. The fraction of sp³-hybridized carbons (Fsp3) is 0.167. The van der Waals surface area contributed by atoms with E-state index in [0.717, 1.165) is 11.3 Å². The third kappa shape index (κ3) is 2.37. The molecule has 1 aromatic carbocycles. The number of hydrogen-bond acceptors (Lipinski definition) is 2. The highest BCUT2D eigenvalue weighted by Crippen LogP contribution is 2.19. The van der Waals surface area contributed by atoms with Gasteiger partial charge >= 0.3 is 0 Å². The van der Waals surface area contributed by atoms with Crippen LogP contribution >= 0.6 is 0 Å². The summed E-state index contributed by atoms with van der Waals surface area (Å²) in [5, 5.41) is 3.19. The van der Waals surface area contributed by atoms with E-state index in [1.807, 2.05) is 19.1 Å². The Balaban J connectivity index is 2.09. The fourth-order valence-electron chi connectivity index (χ4n) is 1.43. The molecule has 0 aliphatic carbocycles. The summed E-state index contributed by atoms with van der Waals surface area (Å²) in [4.78, 5) is 0. The molecule has 78 valence electrons. The average Bonchev–Trinajstić information content (AvgIpc) is 2.70. The van der Waals surface area contributed by atoms with Gasteiger partial charge in [-0.15, -0.1) is 0 Å². The van der Waals surface area contributed by atoms with Gasteiger partial charge in [0.2, 0.25) is 0 Å². The molecule has 0 radical (unpaired) electrons. The largest absolute Gasteiger partial charge is 0.472 e. The van der Waals surface area contributed by atoms with Crippen LogP contribution in [0.3, 0.4) is 0 Å². The minimum atomic E-state index is -0.237. The second kappa shape index (κ2) is 4.17. The van der Waals surface area contributed by atoms with E-state index in [1.54, 1.807) is 18.6 Å². The van der Waals surface area contributed by atoms with E-state index in [4.69, 9.17) is 4.42 Å². The number of nitrogens with one attached hydrogen (secondary N) is 1. The molecule has 0 aliphatic rings. The molecule has 1 aromatic heterocycles. The zero-order valence-corrected chi connectivity index (χ0v) is 8.41. The molecule has 3 heteroatoms. The van der Waals surface area contributed by atoms with E-state index in [-0.39, 0.29) is 11.9 Å². The van der Waals surface area contributed by atoms with Crippen molar-refractivity contribution < 1.29 is 8.81 Å². The number of furan rings is 1. The van der Waals surface area contributed by atoms with Crippen molar-refractivity contribution in [1.29, 1.82) is 0 Å². The predicted octanol–water partition coefficient (Wildman–Crippen LogP) is 3.59. The maximum atomic E-state index is 12.9. The zero-order valence-electron chi connectivity index (χ0n) is 8.41. The van der Waals surface area contributed by atoms with E-state index in [0.29, 0.717) is 0 Å². The molecule has 2 nitrogen and oxygen atoms in total. The summed E-state index contributed by atoms with van der Waals surface area (Å²) in [7, 11) is 0. The number of anilines is 1. The Bertz CT molecular complexity index is 425. The molecule has 1 atom stereocenters. The first-order chi connectivity index (χ1) is 7.25. The quantitative estimate of drug-likeness (QED) is 0.828. The lowest BCUT2D eigenvalue weighted by atomic mass is 10.1. The number of rotatable bonds is 3. The van der Waals surface area contributed by atoms with Crippen LogP contribution in [0.1, 0.15) is 18.5 Å². The molecule has 2 rings (SSSR count). The highest BCUT2D eigenvalue weighted by Gasteiger charge is 2.06. The predicted molar refractivity (Wildman–Crippen MR) is 57.1 cm³/mol. The lowest BCUT2D eigenvalue weighted by Crippen LogP contribution is -2.05. The van der Waals surface area contributed by atoms with Crippen LogP contribution in [0.15, 0.2) is 47.3 Å². The van der Waals surface area contributed by atoms with Crippen molar-refractivity contribution in [1.82, 2.24) is 0 Å². The molecule has 0 spiro atoms. The number of benzene rings is 1. The normalized spacial score (nSPS) is 12.4. The first-order valence-electron chi connectivity index (χ1n) is 4.80. The molecular formula is C12H12FNO. The maximum Gasteiger partial charge on any atom is 0.125 e. The lowest BCUT2D eigenvalue weighted by molar-refractivity contribution is 0.562. The first kappa shape index (κ1) is 9.77. The molecule has 15 heavy (non-hydrogen) atoms. The Labute approximate surface area is 87.7 Å². The van der Waals surface area contributed by atoms with Gasteiger partial charge in [-0.05, 0) is 31.2 Å². The molecule has 0 aliphatic heterocycles. The number of halogens is 1. The van der Waals surface area contributed by atoms with E-state index in [1.165, 1.54) is 12.1 Å². The van der Waals surface area contributed by atoms with Gasteiger partial charge in [0, 0.05) is 11.3 Å². The van der Waals surface area contributed by atoms with Gasteiger partial charge in [0.05, 0.1) is 18.6 Å². The Morgan fingerprint density at radius 2 is 2.20 bits per heavy atom. The standard InChI is InChI=1S/C12H12FNO/c1-9(10-5-6-15-8-10)14-12-4-2-3-11(13)7-12/h2-9,14H,1H3. The Morgan fingerprint density at radius 3 is 2.87 bits per heavy atom. The van der Waals surface area contributed by atoms with Crippen LogP contribution in [-0.2, 0) is 0 Å². The van der Waals surface area contributed by atoms with Gasteiger partial charge in [0.1, 0.15) is 5.82 Å². The van der Waals surface area contributed by atoms with Crippen LogP contribution in [0.2, 0.25) is 0 Å². The molecule has 0 bridgehead atoms. The molecule has 1 N–H and O–H groups in total. The average molecular weight is 205 g/mol. The van der Waals surface area contributed by atoms with Crippen molar-refractivity contribution in [3.63, 3.8) is 0 Å². The van der Waals surface area contributed by atoms with Crippen LogP contribution in [0.4, 0.5) is 10.1 Å². The van der Waals surface area contributed by atoms with Crippen molar-refractivity contribution in [2.45, 2.75) is 13.0 Å². The van der Waals surface area contributed by atoms with E-state index in [9.17, 15) is 4.39 Å². The molecule has 1 unspecified atom stereocenters. The van der Waals surface area contributed by atoms with E-state index < -0.39 is 0 Å². The first-order valence-corrected chi connectivity index (χ1v) is 4.80. The van der Waals surface area contributed by atoms with Crippen LogP contribution < -0.4 is 5.32 Å². The molecule has 0 saturated heterocycles. The van der Waals surface area contributed by atoms with Crippen LogP contribution in [0.25, 0.3) is 0 Å². The van der Waals surface area contributed by atoms with Crippen molar-refractivity contribution in [2.75, 3.05) is 5.32 Å². The van der Waals surface area contributed by atoms with Crippen molar-refractivity contribution in [3.05, 3.63) is 54.2 Å². The lowest BCUT2D eigenvalue weighted by Gasteiger charge is -2.13. The van der Waals surface area contributed by atoms with Gasteiger partial charge in [-0.1, -0.05) is 6.07 Å². The Kier molecular flexibility index (Phi) is 2.72. The minimum Gasteiger partial charge on any atom is -0.472 e. The second-order valence-electron chi connectivity index (χ2n) is 3.43. The molecule has 0 saturated carbocycles. The van der Waals surface area contributed by atoms with Crippen LogP contribution in [-0.4, -0.2) is 0 Å². The van der Waals surface area contributed by atoms with Crippen molar-refractivity contribution in [2.24, 2.45) is 0 Å². The summed E-state index contributed by atoms with van der Waals surface area (Å²) >= 11 is 0. The van der Waals surface area contributed by atoms with Crippen molar-refractivity contribution in [3.8, 4) is 0 Å². The summed E-state index contributed by atoms with van der Waals surface area (Å²) in [6.45, 7) is 2.00. The summed E-state index contributed by atoms with van der Waals surface area (Å²) in [6, 6.07) is 8.39. The summed E-state index contributed by atoms with van der Waals surface area (Å²) < 4.78 is 17.9. The zero-order chi connectivity index (χ0) is 10.7. The molecule has 1 heterocycles. The van der Waals surface area contributed by atoms with Gasteiger partial charge in [-0.3, -0.25) is 0 Å². The molecule has 0 amide bonds. The maximum absolute atomic E-state index is 12.9. The van der Waals surface area contributed by atoms with Gasteiger partial charge in [0.25, 0.3) is 0 Å². The molecular weight excluding hydrogens is 193 g/mol.